The van der Waals surface area contributed by atoms with E-state index in [1.165, 1.54) is 10.5 Å². The molecule has 1 N–H and O–H groups in total. The second kappa shape index (κ2) is 5.30. The highest BCUT2D eigenvalue weighted by molar-refractivity contribution is 7.98. The van der Waals surface area contributed by atoms with E-state index in [1.807, 2.05) is 6.92 Å². The van der Waals surface area contributed by atoms with Crippen LogP contribution in [0.15, 0.2) is 29.2 Å². The highest BCUT2D eigenvalue weighted by atomic mass is 32.2. The van der Waals surface area contributed by atoms with Crippen molar-refractivity contribution in [1.82, 2.24) is 0 Å². The Morgan fingerprint density at radius 3 is 2.69 bits per heavy atom. The second-order valence-corrected chi connectivity index (χ2v) is 4.05. The van der Waals surface area contributed by atoms with Crippen LogP contribution in [0.1, 0.15) is 18.9 Å². The smallest absolute Gasteiger partial charge is 0.0515 e. The van der Waals surface area contributed by atoms with Gasteiger partial charge in [-0.3, -0.25) is 0 Å². The summed E-state index contributed by atoms with van der Waals surface area (Å²) in [6, 6.07) is 8.37. The molecule has 0 aliphatic carbocycles. The lowest BCUT2D eigenvalue weighted by Crippen LogP contribution is -2.01. The Kier molecular flexibility index (Phi) is 4.33. The highest BCUT2D eigenvalue weighted by Gasteiger charge is 2.01. The monoisotopic (exact) mass is 196 g/mol. The van der Waals surface area contributed by atoms with Crippen molar-refractivity contribution in [2.75, 3.05) is 6.26 Å². The molecule has 0 amide bonds. The number of hydrogen-bond acceptors (Lipinski definition) is 2. The zero-order chi connectivity index (χ0) is 9.68. The number of aliphatic hydroxyl groups excluding tert-OH is 1. The first-order valence-electron chi connectivity index (χ1n) is 4.54. The lowest BCUT2D eigenvalue weighted by atomic mass is 10.1. The van der Waals surface area contributed by atoms with Crippen molar-refractivity contribution in [3.05, 3.63) is 29.8 Å². The van der Waals surface area contributed by atoms with E-state index in [9.17, 15) is 5.11 Å². The molecule has 0 unspecified atom stereocenters. The van der Waals surface area contributed by atoms with Gasteiger partial charge in [0, 0.05) is 4.90 Å². The van der Waals surface area contributed by atoms with Crippen LogP contribution in [-0.2, 0) is 6.42 Å². The van der Waals surface area contributed by atoms with E-state index in [1.54, 1.807) is 11.8 Å². The fourth-order valence-electron chi connectivity index (χ4n) is 1.27. The van der Waals surface area contributed by atoms with Gasteiger partial charge in [-0.25, -0.2) is 0 Å². The molecule has 2 heteroatoms. The van der Waals surface area contributed by atoms with Crippen molar-refractivity contribution in [2.24, 2.45) is 0 Å². The minimum absolute atomic E-state index is 0.199. The van der Waals surface area contributed by atoms with Gasteiger partial charge in [-0.15, -0.1) is 11.8 Å². The van der Waals surface area contributed by atoms with Crippen molar-refractivity contribution in [2.45, 2.75) is 30.8 Å². The van der Waals surface area contributed by atoms with Crippen LogP contribution in [0.2, 0.25) is 0 Å². The second-order valence-electron chi connectivity index (χ2n) is 3.20. The van der Waals surface area contributed by atoms with Crippen LogP contribution in [0.3, 0.4) is 0 Å². The molecule has 0 spiro atoms. The third kappa shape index (κ3) is 3.41. The van der Waals surface area contributed by atoms with Crippen LogP contribution >= 0.6 is 11.8 Å². The third-order valence-corrected chi connectivity index (χ3v) is 2.86. The summed E-state index contributed by atoms with van der Waals surface area (Å²) in [7, 11) is 0. The lowest BCUT2D eigenvalue weighted by molar-refractivity contribution is 0.184. The zero-order valence-electron chi connectivity index (χ0n) is 8.16. The molecule has 0 aromatic heterocycles. The molecule has 0 fully saturated rings. The van der Waals surface area contributed by atoms with Gasteiger partial charge in [0.05, 0.1) is 6.10 Å². The Morgan fingerprint density at radius 2 is 2.08 bits per heavy atom. The average molecular weight is 196 g/mol. The number of aryl methyl sites for hydroxylation is 1. The summed E-state index contributed by atoms with van der Waals surface area (Å²) in [5.41, 5.74) is 1.34. The molecule has 0 aliphatic heterocycles. The molecule has 0 saturated heterocycles. The van der Waals surface area contributed by atoms with Gasteiger partial charge in [-0.2, -0.15) is 0 Å². The SMILES string of the molecule is CSc1ccccc1CC[C@H](C)O. The molecular weight excluding hydrogens is 180 g/mol. The van der Waals surface area contributed by atoms with Gasteiger partial charge in [0.2, 0.25) is 0 Å². The zero-order valence-corrected chi connectivity index (χ0v) is 8.97. The Labute approximate surface area is 84.2 Å². The molecule has 0 radical (unpaired) electrons. The number of benzene rings is 1. The van der Waals surface area contributed by atoms with Crippen LogP contribution in [0.5, 0.6) is 0 Å². The van der Waals surface area contributed by atoms with Crippen molar-refractivity contribution >= 4 is 11.8 Å². The maximum Gasteiger partial charge on any atom is 0.0515 e. The molecular formula is C11H16OS. The van der Waals surface area contributed by atoms with Gasteiger partial charge in [0.25, 0.3) is 0 Å². The molecule has 1 atom stereocenters. The molecule has 0 heterocycles. The number of aliphatic hydroxyl groups is 1. The Bertz CT molecular complexity index is 258. The summed E-state index contributed by atoms with van der Waals surface area (Å²) in [5.74, 6) is 0. The highest BCUT2D eigenvalue weighted by Crippen LogP contribution is 2.21. The fraction of sp³-hybridized carbons (Fsp3) is 0.455. The van der Waals surface area contributed by atoms with Crippen molar-refractivity contribution in [3.8, 4) is 0 Å². The number of hydrogen-bond donors (Lipinski definition) is 1. The summed E-state index contributed by atoms with van der Waals surface area (Å²) in [4.78, 5) is 1.32. The number of thioether (sulfide) groups is 1. The summed E-state index contributed by atoms with van der Waals surface area (Å²) >= 11 is 1.77. The van der Waals surface area contributed by atoms with Gasteiger partial charge in [0.15, 0.2) is 0 Å². The lowest BCUT2D eigenvalue weighted by Gasteiger charge is -2.07. The Hall–Kier alpha value is -0.470. The van der Waals surface area contributed by atoms with Gasteiger partial charge in [0.1, 0.15) is 0 Å². The van der Waals surface area contributed by atoms with Crippen LogP contribution in [0.4, 0.5) is 0 Å². The van der Waals surface area contributed by atoms with E-state index in [-0.39, 0.29) is 6.10 Å². The topological polar surface area (TPSA) is 20.2 Å². The quantitative estimate of drug-likeness (QED) is 0.747. The van der Waals surface area contributed by atoms with E-state index >= 15 is 0 Å². The third-order valence-electron chi connectivity index (χ3n) is 2.02. The van der Waals surface area contributed by atoms with Crippen LogP contribution < -0.4 is 0 Å². The van der Waals surface area contributed by atoms with Crippen LogP contribution in [0, 0.1) is 0 Å². The minimum atomic E-state index is -0.199. The van der Waals surface area contributed by atoms with Crippen molar-refractivity contribution in [3.63, 3.8) is 0 Å². The molecule has 0 saturated carbocycles. The van der Waals surface area contributed by atoms with E-state index in [0.717, 1.165) is 12.8 Å². The Morgan fingerprint density at radius 1 is 1.38 bits per heavy atom. The maximum absolute atomic E-state index is 9.17. The molecule has 0 bridgehead atoms. The van der Waals surface area contributed by atoms with E-state index in [4.69, 9.17) is 0 Å². The van der Waals surface area contributed by atoms with Crippen molar-refractivity contribution < 1.29 is 5.11 Å². The first kappa shape index (κ1) is 10.6. The predicted octanol–water partition coefficient (Wildman–Crippen LogP) is 2.72. The van der Waals surface area contributed by atoms with Crippen LogP contribution in [-0.4, -0.2) is 17.5 Å². The summed E-state index contributed by atoms with van der Waals surface area (Å²) in [6.07, 6.45) is 3.70. The average Bonchev–Trinajstić information content (AvgIpc) is 2.15. The first-order valence-corrected chi connectivity index (χ1v) is 5.76. The van der Waals surface area contributed by atoms with Crippen molar-refractivity contribution in [1.29, 1.82) is 0 Å². The normalized spacial score (nSPS) is 12.8. The van der Waals surface area contributed by atoms with Gasteiger partial charge in [-0.05, 0) is 37.7 Å². The molecule has 0 aliphatic rings. The minimum Gasteiger partial charge on any atom is -0.393 e. The summed E-state index contributed by atoms with van der Waals surface area (Å²) in [6.45, 7) is 1.84. The molecule has 1 rings (SSSR count). The van der Waals surface area contributed by atoms with Gasteiger partial charge < -0.3 is 5.11 Å². The van der Waals surface area contributed by atoms with E-state index < -0.39 is 0 Å². The molecule has 72 valence electrons. The van der Waals surface area contributed by atoms with Gasteiger partial charge in [-0.1, -0.05) is 18.2 Å². The first-order chi connectivity index (χ1) is 6.24. The number of rotatable bonds is 4. The molecule has 1 aromatic rings. The summed E-state index contributed by atoms with van der Waals surface area (Å²) in [5, 5.41) is 9.17. The van der Waals surface area contributed by atoms with Gasteiger partial charge >= 0.3 is 0 Å². The molecule has 1 nitrogen and oxygen atoms in total. The molecule has 1 aromatic carbocycles. The predicted molar refractivity (Wildman–Crippen MR) is 58.2 cm³/mol. The molecule has 13 heavy (non-hydrogen) atoms. The standard InChI is InChI=1S/C11H16OS/c1-9(12)7-8-10-5-3-4-6-11(10)13-2/h3-6,9,12H,7-8H2,1-2H3/t9-/m0/s1. The Balaban J connectivity index is 2.64. The van der Waals surface area contributed by atoms with E-state index in [0.29, 0.717) is 0 Å². The summed E-state index contributed by atoms with van der Waals surface area (Å²) < 4.78 is 0. The maximum atomic E-state index is 9.17. The van der Waals surface area contributed by atoms with Crippen LogP contribution in [0.25, 0.3) is 0 Å². The largest absolute Gasteiger partial charge is 0.393 e. The fourth-order valence-corrected chi connectivity index (χ4v) is 1.92. The van der Waals surface area contributed by atoms with E-state index in [2.05, 4.69) is 30.5 Å².